The van der Waals surface area contributed by atoms with Crippen molar-refractivity contribution in [1.29, 1.82) is 0 Å². The fourth-order valence-electron chi connectivity index (χ4n) is 5.29. The molecular weight excluding hydrogens is 334 g/mol. The van der Waals surface area contributed by atoms with E-state index in [1.165, 1.54) is 77.7 Å². The topological polar surface area (TPSA) is 26.8 Å². The zero-order chi connectivity index (χ0) is 19.7. The van der Waals surface area contributed by atoms with Gasteiger partial charge in [-0.3, -0.25) is 4.79 Å². The lowest BCUT2D eigenvalue weighted by atomic mass is 9.71. The highest BCUT2D eigenvalue weighted by molar-refractivity contribution is 5.76. The molecule has 4 nitrogen and oxygen atoms in total. The summed E-state index contributed by atoms with van der Waals surface area (Å²) in [4.78, 5) is 19.7. The normalized spacial score (nSPS) is 24.5. The number of likely N-dealkylation sites (tertiary alicyclic amines) is 3. The molecule has 0 aromatic carbocycles. The van der Waals surface area contributed by atoms with Crippen LogP contribution in [0.3, 0.4) is 0 Å². The third-order valence-corrected chi connectivity index (χ3v) is 7.11. The molecule has 158 valence electrons. The Morgan fingerprint density at radius 1 is 0.852 bits per heavy atom. The molecule has 0 radical (unpaired) electrons. The van der Waals surface area contributed by atoms with Gasteiger partial charge < -0.3 is 14.7 Å². The Hall–Kier alpha value is -0.610. The highest BCUT2D eigenvalue weighted by atomic mass is 16.2. The minimum atomic E-state index is 0.383. The summed E-state index contributed by atoms with van der Waals surface area (Å²) in [6.07, 6.45) is 10.9. The van der Waals surface area contributed by atoms with Crippen molar-refractivity contribution in [2.75, 3.05) is 45.8 Å². The monoisotopic (exact) mass is 379 g/mol. The van der Waals surface area contributed by atoms with E-state index in [1.807, 2.05) is 13.8 Å². The summed E-state index contributed by atoms with van der Waals surface area (Å²) in [6, 6.07) is 0.830. The fraction of sp³-hybridized carbons (Fsp3) is 0.957. The second kappa shape index (κ2) is 11.4. The lowest BCUT2D eigenvalue weighted by Crippen LogP contribution is -2.52. The van der Waals surface area contributed by atoms with Crippen LogP contribution in [0, 0.1) is 5.41 Å². The number of hydrogen-bond acceptors (Lipinski definition) is 3. The van der Waals surface area contributed by atoms with Gasteiger partial charge in [0, 0.05) is 25.6 Å². The van der Waals surface area contributed by atoms with E-state index in [0.29, 0.717) is 11.3 Å². The van der Waals surface area contributed by atoms with Crippen LogP contribution in [0.1, 0.15) is 85.5 Å². The summed E-state index contributed by atoms with van der Waals surface area (Å²) in [6.45, 7) is 16.9. The van der Waals surface area contributed by atoms with Gasteiger partial charge in [0.05, 0.1) is 0 Å². The second-order valence-electron chi connectivity index (χ2n) is 8.74. The highest BCUT2D eigenvalue weighted by Crippen LogP contribution is 2.42. The van der Waals surface area contributed by atoms with E-state index in [2.05, 4.69) is 28.5 Å². The number of piperidine rings is 3. The number of carbonyl (C=O) groups excluding carboxylic acids is 1. The molecule has 3 fully saturated rings. The van der Waals surface area contributed by atoms with Crippen LogP contribution in [0.15, 0.2) is 0 Å². The molecule has 0 aromatic heterocycles. The molecule has 1 amide bonds. The number of nitrogens with zero attached hydrogens (tertiary/aromatic N) is 3. The summed E-state index contributed by atoms with van der Waals surface area (Å²) in [7, 11) is 0. The van der Waals surface area contributed by atoms with Crippen molar-refractivity contribution in [3.63, 3.8) is 0 Å². The third-order valence-electron chi connectivity index (χ3n) is 7.11. The van der Waals surface area contributed by atoms with E-state index in [9.17, 15) is 4.79 Å². The van der Waals surface area contributed by atoms with E-state index >= 15 is 0 Å². The molecule has 0 bridgehead atoms. The molecule has 3 aliphatic heterocycles. The van der Waals surface area contributed by atoms with Gasteiger partial charge in [-0.05, 0) is 89.5 Å². The van der Waals surface area contributed by atoms with Crippen LogP contribution >= 0.6 is 0 Å². The second-order valence-corrected chi connectivity index (χ2v) is 8.74. The summed E-state index contributed by atoms with van der Waals surface area (Å²) in [5.74, 6) is 0.383. The largest absolute Gasteiger partial charge is 0.343 e. The zero-order valence-corrected chi connectivity index (χ0v) is 18.6. The predicted molar refractivity (Wildman–Crippen MR) is 115 cm³/mol. The molecule has 0 saturated carbocycles. The number of carbonyl (C=O) groups is 1. The van der Waals surface area contributed by atoms with Crippen LogP contribution in [0.2, 0.25) is 0 Å². The first-order valence-corrected chi connectivity index (χ1v) is 11.9. The summed E-state index contributed by atoms with van der Waals surface area (Å²) < 4.78 is 0. The van der Waals surface area contributed by atoms with Gasteiger partial charge >= 0.3 is 0 Å². The van der Waals surface area contributed by atoms with Gasteiger partial charge in [0.25, 0.3) is 0 Å². The minimum absolute atomic E-state index is 0.383. The minimum Gasteiger partial charge on any atom is -0.343 e. The van der Waals surface area contributed by atoms with Crippen LogP contribution in [-0.4, -0.2) is 72.5 Å². The maximum atomic E-state index is 12.1. The molecule has 0 N–H and O–H groups in total. The molecule has 1 spiro atoms. The van der Waals surface area contributed by atoms with E-state index in [4.69, 9.17) is 0 Å². The number of rotatable bonds is 5. The van der Waals surface area contributed by atoms with Gasteiger partial charge in [-0.2, -0.15) is 0 Å². The quantitative estimate of drug-likeness (QED) is 0.709. The Morgan fingerprint density at radius 3 is 1.93 bits per heavy atom. The van der Waals surface area contributed by atoms with Gasteiger partial charge in [0.2, 0.25) is 5.91 Å². The summed E-state index contributed by atoms with van der Waals surface area (Å²) in [5.41, 5.74) is 0.544. The standard InChI is InChI=1S/C21H39N3O.C2H6/c1-3-5-20(25)24-17-10-21(11-18-24)8-15-23(16-9-21)19-6-13-22(12-4-2)14-7-19;1-2/h19H,3-18H2,1-2H3;1-2H3. The maximum Gasteiger partial charge on any atom is 0.222 e. The molecule has 4 heteroatoms. The highest BCUT2D eigenvalue weighted by Gasteiger charge is 2.39. The first-order valence-electron chi connectivity index (χ1n) is 11.9. The van der Waals surface area contributed by atoms with E-state index in [1.54, 1.807) is 0 Å². The third kappa shape index (κ3) is 6.19. The fourth-order valence-corrected chi connectivity index (χ4v) is 5.29. The van der Waals surface area contributed by atoms with Crippen molar-refractivity contribution in [3.05, 3.63) is 0 Å². The zero-order valence-electron chi connectivity index (χ0n) is 18.6. The van der Waals surface area contributed by atoms with Crippen LogP contribution < -0.4 is 0 Å². The van der Waals surface area contributed by atoms with Crippen molar-refractivity contribution < 1.29 is 4.79 Å². The Labute approximate surface area is 168 Å². The first-order chi connectivity index (χ1) is 13.2. The van der Waals surface area contributed by atoms with Crippen molar-refractivity contribution in [2.45, 2.75) is 91.5 Å². The Balaban J connectivity index is 0.00000126. The van der Waals surface area contributed by atoms with Crippen LogP contribution in [0.4, 0.5) is 0 Å². The molecule has 0 unspecified atom stereocenters. The Morgan fingerprint density at radius 2 is 1.41 bits per heavy atom. The predicted octanol–water partition coefficient (Wildman–Crippen LogP) is 4.39. The average molecular weight is 380 g/mol. The van der Waals surface area contributed by atoms with Gasteiger partial charge in [0.1, 0.15) is 0 Å². The van der Waals surface area contributed by atoms with Gasteiger partial charge in [-0.25, -0.2) is 0 Å². The molecule has 0 aromatic rings. The van der Waals surface area contributed by atoms with Gasteiger partial charge in [0.15, 0.2) is 0 Å². The molecule has 3 rings (SSSR count). The molecule has 27 heavy (non-hydrogen) atoms. The van der Waals surface area contributed by atoms with Crippen molar-refractivity contribution in [1.82, 2.24) is 14.7 Å². The molecule has 0 atom stereocenters. The van der Waals surface area contributed by atoms with Crippen LogP contribution in [0.25, 0.3) is 0 Å². The lowest BCUT2D eigenvalue weighted by molar-refractivity contribution is -0.134. The lowest BCUT2D eigenvalue weighted by Gasteiger charge is -2.49. The first kappa shape index (κ1) is 22.7. The molecule has 3 saturated heterocycles. The Kier molecular flexibility index (Phi) is 9.58. The van der Waals surface area contributed by atoms with E-state index < -0.39 is 0 Å². The molecule has 3 aliphatic rings. The smallest absolute Gasteiger partial charge is 0.222 e. The molecule has 3 heterocycles. The maximum absolute atomic E-state index is 12.1. The van der Waals surface area contributed by atoms with Crippen molar-refractivity contribution in [3.8, 4) is 0 Å². The molecule has 0 aliphatic carbocycles. The van der Waals surface area contributed by atoms with Crippen molar-refractivity contribution in [2.24, 2.45) is 5.41 Å². The summed E-state index contributed by atoms with van der Waals surface area (Å²) in [5, 5.41) is 0. The van der Waals surface area contributed by atoms with Gasteiger partial charge in [-0.1, -0.05) is 27.7 Å². The van der Waals surface area contributed by atoms with Gasteiger partial charge in [-0.15, -0.1) is 0 Å². The average Bonchev–Trinajstić information content (AvgIpc) is 2.72. The molecular formula is C23H45N3O. The number of amides is 1. The SMILES string of the molecule is CC.CCCC(=O)N1CCC2(CC1)CCN(C1CCN(CCC)CC1)CC2. The Bertz CT molecular complexity index is 413. The van der Waals surface area contributed by atoms with Crippen molar-refractivity contribution >= 4 is 5.91 Å². The summed E-state index contributed by atoms with van der Waals surface area (Å²) >= 11 is 0. The van der Waals surface area contributed by atoms with E-state index in [-0.39, 0.29) is 0 Å². The van der Waals surface area contributed by atoms with Crippen LogP contribution in [-0.2, 0) is 4.79 Å². The van der Waals surface area contributed by atoms with Crippen LogP contribution in [0.5, 0.6) is 0 Å². The number of hydrogen-bond donors (Lipinski definition) is 0. The van der Waals surface area contributed by atoms with E-state index in [0.717, 1.165) is 32.0 Å².